The predicted molar refractivity (Wildman–Crippen MR) is 56.3 cm³/mol. The van der Waals surface area contributed by atoms with Gasteiger partial charge in [-0.15, -0.1) is 0 Å². The second-order valence-corrected chi connectivity index (χ2v) is 3.30. The lowest BCUT2D eigenvalue weighted by Crippen LogP contribution is -2.07. The fraction of sp³-hybridized carbons (Fsp3) is 0.200. The van der Waals surface area contributed by atoms with Gasteiger partial charge in [0, 0.05) is 16.3 Å². The van der Waals surface area contributed by atoms with Gasteiger partial charge in [0.05, 0.1) is 25.2 Å². The molecule has 1 rings (SSSR count). The summed E-state index contributed by atoms with van der Waals surface area (Å²) in [5.74, 6) is -0.423. The van der Waals surface area contributed by atoms with Crippen molar-refractivity contribution in [2.45, 2.75) is 6.42 Å². The van der Waals surface area contributed by atoms with E-state index in [1.54, 1.807) is 0 Å². The summed E-state index contributed by atoms with van der Waals surface area (Å²) in [6.07, 6.45) is 0.00682. The third-order valence-corrected chi connectivity index (χ3v) is 2.25. The van der Waals surface area contributed by atoms with E-state index in [-0.39, 0.29) is 6.42 Å². The van der Waals surface area contributed by atoms with Gasteiger partial charge in [0.1, 0.15) is 0 Å². The average molecular weight is 225 g/mol. The maximum atomic E-state index is 11.0. The standard InChI is InChI=1S/C10H9ClN2O2/c1-15-10(14)4-7-8(11)2-6(5-12)3-9(7)13/h2-3H,4,13H2,1H3. The zero-order valence-electron chi connectivity index (χ0n) is 8.08. The molecule has 0 saturated carbocycles. The lowest BCUT2D eigenvalue weighted by atomic mass is 10.1. The maximum absolute atomic E-state index is 11.0. The van der Waals surface area contributed by atoms with Crippen molar-refractivity contribution in [2.75, 3.05) is 12.8 Å². The van der Waals surface area contributed by atoms with Crippen molar-refractivity contribution in [2.24, 2.45) is 0 Å². The molecule has 1 aromatic carbocycles. The zero-order chi connectivity index (χ0) is 11.4. The molecule has 0 aliphatic heterocycles. The summed E-state index contributed by atoms with van der Waals surface area (Å²) in [6.45, 7) is 0. The topological polar surface area (TPSA) is 76.1 Å². The Morgan fingerprint density at radius 1 is 1.67 bits per heavy atom. The number of carbonyl (C=O) groups is 1. The summed E-state index contributed by atoms with van der Waals surface area (Å²) in [4.78, 5) is 11.0. The van der Waals surface area contributed by atoms with Crippen LogP contribution in [0.15, 0.2) is 12.1 Å². The maximum Gasteiger partial charge on any atom is 0.310 e. The number of halogens is 1. The van der Waals surface area contributed by atoms with Crippen molar-refractivity contribution in [1.82, 2.24) is 0 Å². The number of nitrogens with zero attached hydrogens (tertiary/aromatic N) is 1. The minimum absolute atomic E-state index is 0.00682. The van der Waals surface area contributed by atoms with Gasteiger partial charge in [-0.2, -0.15) is 5.26 Å². The molecular weight excluding hydrogens is 216 g/mol. The summed E-state index contributed by atoms with van der Waals surface area (Å²) < 4.78 is 4.50. The van der Waals surface area contributed by atoms with Crippen molar-refractivity contribution in [1.29, 1.82) is 5.26 Å². The molecule has 0 fully saturated rings. The van der Waals surface area contributed by atoms with Crippen molar-refractivity contribution >= 4 is 23.3 Å². The molecule has 4 nitrogen and oxygen atoms in total. The number of benzene rings is 1. The van der Waals surface area contributed by atoms with Crippen LogP contribution in [0.3, 0.4) is 0 Å². The predicted octanol–water partition coefficient (Wildman–Crippen LogP) is 1.51. The van der Waals surface area contributed by atoms with Crippen molar-refractivity contribution in [3.63, 3.8) is 0 Å². The third-order valence-electron chi connectivity index (χ3n) is 1.91. The second kappa shape index (κ2) is 4.67. The highest BCUT2D eigenvalue weighted by molar-refractivity contribution is 6.32. The number of carbonyl (C=O) groups excluding carboxylic acids is 1. The SMILES string of the molecule is COC(=O)Cc1c(N)cc(C#N)cc1Cl. The molecule has 0 bridgehead atoms. The minimum Gasteiger partial charge on any atom is -0.469 e. The van der Waals surface area contributed by atoms with E-state index >= 15 is 0 Å². The van der Waals surface area contributed by atoms with Crippen LogP contribution in [0.1, 0.15) is 11.1 Å². The number of nitrogens with two attached hydrogens (primary N) is 1. The molecule has 0 unspecified atom stereocenters. The first-order chi connectivity index (χ1) is 7.08. The van der Waals surface area contributed by atoms with E-state index in [0.29, 0.717) is 21.8 Å². The molecule has 0 aliphatic rings. The molecule has 2 N–H and O–H groups in total. The van der Waals surface area contributed by atoms with Crippen LogP contribution in [0.4, 0.5) is 5.69 Å². The smallest absolute Gasteiger partial charge is 0.310 e. The fourth-order valence-corrected chi connectivity index (χ4v) is 1.42. The lowest BCUT2D eigenvalue weighted by molar-refractivity contribution is -0.139. The molecule has 0 aromatic heterocycles. The van der Waals surface area contributed by atoms with Crippen molar-refractivity contribution in [3.05, 3.63) is 28.3 Å². The monoisotopic (exact) mass is 224 g/mol. The number of nitriles is 1. The molecule has 0 radical (unpaired) electrons. The normalized spacial score (nSPS) is 9.40. The summed E-state index contributed by atoms with van der Waals surface area (Å²) in [5.41, 5.74) is 6.84. The molecule has 1 aromatic rings. The molecule has 0 saturated heterocycles. The molecule has 0 aliphatic carbocycles. The second-order valence-electron chi connectivity index (χ2n) is 2.89. The number of esters is 1. The third kappa shape index (κ3) is 2.61. The van der Waals surface area contributed by atoms with Gasteiger partial charge in [0.25, 0.3) is 0 Å². The number of nitrogen functional groups attached to an aromatic ring is 1. The van der Waals surface area contributed by atoms with Gasteiger partial charge in [-0.3, -0.25) is 4.79 Å². The Kier molecular flexibility index (Phi) is 3.53. The molecule has 78 valence electrons. The van der Waals surface area contributed by atoms with Crippen LogP contribution in [-0.2, 0) is 16.0 Å². The summed E-state index contributed by atoms with van der Waals surface area (Å²) in [7, 11) is 1.29. The Balaban J connectivity index is 3.10. The largest absolute Gasteiger partial charge is 0.469 e. The van der Waals surface area contributed by atoms with E-state index in [4.69, 9.17) is 22.6 Å². The fourth-order valence-electron chi connectivity index (χ4n) is 1.13. The Hall–Kier alpha value is -1.73. The molecule has 0 amide bonds. The van der Waals surface area contributed by atoms with Crippen molar-refractivity contribution < 1.29 is 9.53 Å². The zero-order valence-corrected chi connectivity index (χ0v) is 8.84. The van der Waals surface area contributed by atoms with Gasteiger partial charge >= 0.3 is 5.97 Å². The first kappa shape index (κ1) is 11.3. The number of ether oxygens (including phenoxy) is 1. The van der Waals surface area contributed by atoms with Gasteiger partial charge in [0.15, 0.2) is 0 Å². The lowest BCUT2D eigenvalue weighted by Gasteiger charge is -2.07. The summed E-state index contributed by atoms with van der Waals surface area (Å²) in [6, 6.07) is 4.87. The Labute approximate surface area is 92.2 Å². The van der Waals surface area contributed by atoms with Crippen LogP contribution >= 0.6 is 11.6 Å². The highest BCUT2D eigenvalue weighted by atomic mass is 35.5. The quantitative estimate of drug-likeness (QED) is 0.610. The molecule has 0 heterocycles. The number of methoxy groups -OCH3 is 1. The van der Waals surface area contributed by atoms with E-state index in [2.05, 4.69) is 4.74 Å². The Bertz CT molecular complexity index is 415. The highest BCUT2D eigenvalue weighted by Crippen LogP contribution is 2.25. The van der Waals surface area contributed by atoms with Gasteiger partial charge < -0.3 is 10.5 Å². The molecule has 0 spiro atoms. The van der Waals surface area contributed by atoms with E-state index in [1.165, 1.54) is 19.2 Å². The minimum atomic E-state index is -0.423. The molecule has 5 heteroatoms. The van der Waals surface area contributed by atoms with Gasteiger partial charge in [-0.1, -0.05) is 11.6 Å². The summed E-state index contributed by atoms with van der Waals surface area (Å²) >= 11 is 5.88. The van der Waals surface area contributed by atoms with Gasteiger partial charge in [-0.25, -0.2) is 0 Å². The first-order valence-electron chi connectivity index (χ1n) is 4.13. The molecular formula is C10H9ClN2O2. The van der Waals surface area contributed by atoms with Crippen LogP contribution in [0.5, 0.6) is 0 Å². The average Bonchev–Trinajstić information content (AvgIpc) is 2.22. The Morgan fingerprint density at radius 2 is 2.33 bits per heavy atom. The van der Waals surface area contributed by atoms with Crippen LogP contribution in [0.25, 0.3) is 0 Å². The van der Waals surface area contributed by atoms with E-state index in [1.807, 2.05) is 6.07 Å². The first-order valence-corrected chi connectivity index (χ1v) is 4.51. The van der Waals surface area contributed by atoms with Crippen LogP contribution < -0.4 is 5.73 Å². The van der Waals surface area contributed by atoms with E-state index < -0.39 is 5.97 Å². The summed E-state index contributed by atoms with van der Waals surface area (Å²) in [5, 5.41) is 8.95. The number of hydrogen-bond donors (Lipinski definition) is 1. The number of rotatable bonds is 2. The Morgan fingerprint density at radius 3 is 2.80 bits per heavy atom. The highest BCUT2D eigenvalue weighted by Gasteiger charge is 2.11. The van der Waals surface area contributed by atoms with Crippen LogP contribution in [-0.4, -0.2) is 13.1 Å². The number of anilines is 1. The molecule has 0 atom stereocenters. The molecule has 15 heavy (non-hydrogen) atoms. The van der Waals surface area contributed by atoms with Gasteiger partial charge in [-0.05, 0) is 12.1 Å². The van der Waals surface area contributed by atoms with Gasteiger partial charge in [0.2, 0.25) is 0 Å². The van der Waals surface area contributed by atoms with Crippen molar-refractivity contribution in [3.8, 4) is 6.07 Å². The van der Waals surface area contributed by atoms with E-state index in [0.717, 1.165) is 0 Å². The van der Waals surface area contributed by atoms with Crippen LogP contribution in [0.2, 0.25) is 5.02 Å². The van der Waals surface area contributed by atoms with Crippen LogP contribution in [0, 0.1) is 11.3 Å². The van der Waals surface area contributed by atoms with E-state index in [9.17, 15) is 4.79 Å². The number of hydrogen-bond acceptors (Lipinski definition) is 4.